The lowest BCUT2D eigenvalue weighted by atomic mass is 9.76. The van der Waals surface area contributed by atoms with E-state index in [9.17, 15) is 9.90 Å². The number of thioether (sulfide) groups is 1. The van der Waals surface area contributed by atoms with Gasteiger partial charge in [-0.3, -0.25) is 4.79 Å². The predicted molar refractivity (Wildman–Crippen MR) is 106 cm³/mol. The van der Waals surface area contributed by atoms with Crippen molar-refractivity contribution in [1.29, 1.82) is 0 Å². The van der Waals surface area contributed by atoms with Crippen molar-refractivity contribution in [3.8, 4) is 5.75 Å². The SMILES string of the molecule is CCCCC(SC(C)=O)c1ccc(C(C)(C)C)c(O)c1C(C)(C)C. The number of hydrogen-bond donors (Lipinski definition) is 1. The molecule has 0 aliphatic heterocycles. The van der Waals surface area contributed by atoms with Crippen LogP contribution in [0.15, 0.2) is 12.1 Å². The van der Waals surface area contributed by atoms with Crippen molar-refractivity contribution in [3.05, 3.63) is 28.8 Å². The molecule has 136 valence electrons. The summed E-state index contributed by atoms with van der Waals surface area (Å²) in [7, 11) is 0. The fourth-order valence-electron chi connectivity index (χ4n) is 3.14. The summed E-state index contributed by atoms with van der Waals surface area (Å²) in [6.07, 6.45) is 3.14. The Morgan fingerprint density at radius 2 is 1.71 bits per heavy atom. The van der Waals surface area contributed by atoms with Crippen LogP contribution in [-0.4, -0.2) is 10.2 Å². The molecular formula is C21H34O2S. The summed E-state index contributed by atoms with van der Waals surface area (Å²) in [4.78, 5) is 11.8. The van der Waals surface area contributed by atoms with Crippen molar-refractivity contribution >= 4 is 16.9 Å². The smallest absolute Gasteiger partial charge is 0.186 e. The highest BCUT2D eigenvalue weighted by atomic mass is 32.2. The minimum absolute atomic E-state index is 0.108. The summed E-state index contributed by atoms with van der Waals surface area (Å²) >= 11 is 1.39. The lowest BCUT2D eigenvalue weighted by molar-refractivity contribution is -0.109. The van der Waals surface area contributed by atoms with Gasteiger partial charge in [0.05, 0.1) is 0 Å². The highest BCUT2D eigenvalue weighted by Crippen LogP contribution is 2.46. The van der Waals surface area contributed by atoms with Crippen LogP contribution in [0.4, 0.5) is 0 Å². The van der Waals surface area contributed by atoms with Gasteiger partial charge < -0.3 is 5.11 Å². The maximum Gasteiger partial charge on any atom is 0.186 e. The van der Waals surface area contributed by atoms with E-state index in [0.717, 1.165) is 36.0 Å². The van der Waals surface area contributed by atoms with Crippen molar-refractivity contribution in [1.82, 2.24) is 0 Å². The van der Waals surface area contributed by atoms with E-state index in [0.29, 0.717) is 5.75 Å². The Hall–Kier alpha value is -0.960. The van der Waals surface area contributed by atoms with Crippen LogP contribution in [0.3, 0.4) is 0 Å². The number of phenols is 1. The molecule has 1 atom stereocenters. The van der Waals surface area contributed by atoms with Crippen molar-refractivity contribution < 1.29 is 9.90 Å². The van der Waals surface area contributed by atoms with Gasteiger partial charge in [0.15, 0.2) is 5.12 Å². The predicted octanol–water partition coefficient (Wildman–Crippen LogP) is 6.50. The average Bonchev–Trinajstić information content (AvgIpc) is 2.39. The highest BCUT2D eigenvalue weighted by molar-refractivity contribution is 8.13. The van der Waals surface area contributed by atoms with Gasteiger partial charge in [0.1, 0.15) is 5.75 Å². The van der Waals surface area contributed by atoms with Crippen LogP contribution in [0.2, 0.25) is 0 Å². The molecule has 0 saturated carbocycles. The molecule has 0 bridgehead atoms. The van der Waals surface area contributed by atoms with Gasteiger partial charge in [0.2, 0.25) is 0 Å². The van der Waals surface area contributed by atoms with Crippen molar-refractivity contribution in [3.63, 3.8) is 0 Å². The molecule has 24 heavy (non-hydrogen) atoms. The second-order valence-electron chi connectivity index (χ2n) is 8.67. The van der Waals surface area contributed by atoms with Crippen molar-refractivity contribution in [2.75, 3.05) is 0 Å². The topological polar surface area (TPSA) is 37.3 Å². The normalized spacial score (nSPS) is 13.8. The largest absolute Gasteiger partial charge is 0.507 e. The van der Waals surface area contributed by atoms with E-state index in [1.54, 1.807) is 6.92 Å². The molecule has 0 aliphatic carbocycles. The number of carbonyl (C=O) groups excluding carboxylic acids is 1. The van der Waals surface area contributed by atoms with Crippen LogP contribution < -0.4 is 0 Å². The standard InChI is InChI=1S/C21H34O2S/c1-9-10-11-17(24-14(2)22)15-12-13-16(20(3,4)5)19(23)18(15)21(6,7)8/h12-13,17,23H,9-11H2,1-8H3. The Bertz CT molecular complexity index is 577. The first kappa shape index (κ1) is 21.1. The number of hydrogen-bond acceptors (Lipinski definition) is 3. The lowest BCUT2D eigenvalue weighted by Crippen LogP contribution is -2.20. The number of rotatable bonds is 5. The molecule has 1 N–H and O–H groups in total. The van der Waals surface area contributed by atoms with E-state index >= 15 is 0 Å². The fourth-order valence-corrected chi connectivity index (χ4v) is 4.14. The minimum Gasteiger partial charge on any atom is -0.507 e. The number of benzene rings is 1. The number of aromatic hydroxyl groups is 1. The van der Waals surface area contributed by atoms with Gasteiger partial charge >= 0.3 is 0 Å². The Morgan fingerprint density at radius 3 is 2.12 bits per heavy atom. The van der Waals surface area contributed by atoms with E-state index in [2.05, 4.69) is 54.5 Å². The van der Waals surface area contributed by atoms with Gasteiger partial charge in [0, 0.05) is 17.7 Å². The third kappa shape index (κ3) is 5.27. The van der Waals surface area contributed by atoms with Crippen LogP contribution >= 0.6 is 11.8 Å². The molecule has 0 amide bonds. The summed E-state index contributed by atoms with van der Waals surface area (Å²) in [6.45, 7) is 16.5. The summed E-state index contributed by atoms with van der Waals surface area (Å²) in [5.41, 5.74) is 2.78. The van der Waals surface area contributed by atoms with Crippen LogP contribution in [0.5, 0.6) is 5.75 Å². The van der Waals surface area contributed by atoms with E-state index in [1.807, 2.05) is 6.07 Å². The summed E-state index contributed by atoms with van der Waals surface area (Å²) < 4.78 is 0. The summed E-state index contributed by atoms with van der Waals surface area (Å²) in [5.74, 6) is 0.401. The third-order valence-electron chi connectivity index (χ3n) is 4.24. The maximum atomic E-state index is 11.8. The second kappa shape index (κ2) is 7.95. The first-order valence-corrected chi connectivity index (χ1v) is 9.81. The van der Waals surface area contributed by atoms with Gasteiger partial charge in [-0.1, -0.05) is 85.2 Å². The molecule has 1 aromatic rings. The summed E-state index contributed by atoms with van der Waals surface area (Å²) in [5, 5.41) is 11.3. The van der Waals surface area contributed by atoms with Crippen LogP contribution in [0, 0.1) is 0 Å². The Kier molecular flexibility index (Phi) is 6.98. The van der Waals surface area contributed by atoms with Crippen LogP contribution in [-0.2, 0) is 15.6 Å². The third-order valence-corrected chi connectivity index (χ3v) is 5.35. The molecule has 1 aromatic carbocycles. The van der Waals surface area contributed by atoms with Crippen molar-refractivity contribution in [2.45, 2.75) is 90.7 Å². The second-order valence-corrected chi connectivity index (χ2v) is 10.0. The van der Waals surface area contributed by atoms with E-state index in [4.69, 9.17) is 0 Å². The Morgan fingerprint density at radius 1 is 1.12 bits per heavy atom. The molecule has 0 saturated heterocycles. The Balaban J connectivity index is 3.55. The first-order valence-electron chi connectivity index (χ1n) is 8.93. The maximum absolute atomic E-state index is 11.8. The molecule has 0 aliphatic rings. The molecule has 0 fully saturated rings. The molecule has 0 aromatic heterocycles. The van der Waals surface area contributed by atoms with Gasteiger partial charge in [-0.05, 0) is 28.4 Å². The van der Waals surface area contributed by atoms with E-state index in [-0.39, 0.29) is 21.2 Å². The monoisotopic (exact) mass is 350 g/mol. The van der Waals surface area contributed by atoms with Crippen LogP contribution in [0.1, 0.15) is 96.6 Å². The van der Waals surface area contributed by atoms with Gasteiger partial charge in [0.25, 0.3) is 0 Å². The zero-order chi connectivity index (χ0) is 18.7. The van der Waals surface area contributed by atoms with Gasteiger partial charge in [-0.2, -0.15) is 0 Å². The van der Waals surface area contributed by atoms with E-state index in [1.165, 1.54) is 11.8 Å². The average molecular weight is 351 g/mol. The zero-order valence-electron chi connectivity index (χ0n) is 16.6. The number of carbonyl (C=O) groups is 1. The number of unbranched alkanes of at least 4 members (excludes halogenated alkanes) is 1. The molecule has 2 nitrogen and oxygen atoms in total. The number of phenolic OH excluding ortho intramolecular Hbond substituents is 1. The van der Waals surface area contributed by atoms with E-state index < -0.39 is 0 Å². The zero-order valence-corrected chi connectivity index (χ0v) is 17.4. The molecule has 1 rings (SSSR count). The molecule has 1 unspecified atom stereocenters. The minimum atomic E-state index is -0.178. The molecule has 3 heteroatoms. The Labute approximate surface area is 152 Å². The molecule has 0 heterocycles. The highest BCUT2D eigenvalue weighted by Gasteiger charge is 2.31. The first-order chi connectivity index (χ1) is 10.9. The van der Waals surface area contributed by atoms with Gasteiger partial charge in [-0.15, -0.1) is 0 Å². The fraction of sp³-hybridized carbons (Fsp3) is 0.667. The molecular weight excluding hydrogens is 316 g/mol. The lowest BCUT2D eigenvalue weighted by Gasteiger charge is -2.31. The van der Waals surface area contributed by atoms with Crippen molar-refractivity contribution in [2.24, 2.45) is 0 Å². The van der Waals surface area contributed by atoms with Crippen LogP contribution in [0.25, 0.3) is 0 Å². The molecule has 0 spiro atoms. The van der Waals surface area contributed by atoms with Gasteiger partial charge in [-0.25, -0.2) is 0 Å². The molecule has 0 radical (unpaired) electrons. The summed E-state index contributed by atoms with van der Waals surface area (Å²) in [6, 6.07) is 4.18. The quantitative estimate of drug-likeness (QED) is 0.658.